The van der Waals surface area contributed by atoms with Crippen LogP contribution in [-0.4, -0.2) is 55.6 Å². The fraction of sp³-hybridized carbons (Fsp3) is 0.391. The molecule has 0 radical (unpaired) electrons. The summed E-state index contributed by atoms with van der Waals surface area (Å²) < 4.78 is 1.81. The molecule has 5 rings (SSSR count). The summed E-state index contributed by atoms with van der Waals surface area (Å²) in [6, 6.07) is 12.2. The lowest BCUT2D eigenvalue weighted by Crippen LogP contribution is -2.44. The summed E-state index contributed by atoms with van der Waals surface area (Å²) in [5, 5.41) is 15.1. The van der Waals surface area contributed by atoms with E-state index in [0.717, 1.165) is 47.2 Å². The van der Waals surface area contributed by atoms with E-state index in [2.05, 4.69) is 16.3 Å². The highest BCUT2D eigenvalue weighted by Crippen LogP contribution is 2.39. The number of pyridine rings is 1. The van der Waals surface area contributed by atoms with Gasteiger partial charge in [0.2, 0.25) is 0 Å². The van der Waals surface area contributed by atoms with Gasteiger partial charge in [0.15, 0.2) is 6.19 Å². The molecule has 2 fully saturated rings. The lowest BCUT2D eigenvalue weighted by molar-refractivity contribution is 0.0699. The number of nitrogens with zero attached hydrogens (tertiary/aromatic N) is 6. The van der Waals surface area contributed by atoms with Crippen LogP contribution in [0.15, 0.2) is 36.4 Å². The molecule has 1 aromatic carbocycles. The van der Waals surface area contributed by atoms with Gasteiger partial charge in [-0.1, -0.05) is 6.07 Å². The van der Waals surface area contributed by atoms with Gasteiger partial charge in [-0.25, -0.2) is 0 Å². The van der Waals surface area contributed by atoms with E-state index in [4.69, 9.17) is 0 Å². The molecule has 7 heteroatoms. The number of likely N-dealkylation sites (N-methyl/N-ethyl adjacent to an activating group) is 1. The monoisotopic (exact) mass is 400 g/mol. The second-order valence-corrected chi connectivity index (χ2v) is 8.39. The minimum atomic E-state index is -0.0104. The molecule has 7 nitrogen and oxygen atoms in total. The van der Waals surface area contributed by atoms with Crippen molar-refractivity contribution < 1.29 is 4.79 Å². The lowest BCUT2D eigenvalue weighted by Gasteiger charge is -2.30. The molecule has 0 spiro atoms. The zero-order chi connectivity index (χ0) is 21.0. The van der Waals surface area contributed by atoms with E-state index < -0.39 is 0 Å². The molecule has 3 atom stereocenters. The second-order valence-electron chi connectivity index (χ2n) is 8.39. The van der Waals surface area contributed by atoms with Gasteiger partial charge < -0.3 is 9.80 Å². The molecule has 0 aliphatic carbocycles. The molecule has 4 heterocycles. The van der Waals surface area contributed by atoms with Crippen LogP contribution in [0.1, 0.15) is 35.3 Å². The first-order chi connectivity index (χ1) is 14.5. The number of carbonyl (C=O) groups is 1. The number of carbonyl (C=O) groups excluding carboxylic acids is 1. The van der Waals surface area contributed by atoms with Crippen molar-refractivity contribution in [2.24, 2.45) is 7.05 Å². The maximum atomic E-state index is 13.3. The Morgan fingerprint density at radius 3 is 2.83 bits per heavy atom. The highest BCUT2D eigenvalue weighted by atomic mass is 16.2. The Bertz CT molecular complexity index is 1190. The molecule has 0 saturated carbocycles. The SMILES string of the molecule is Cc1cccc(-c2nn(C)c3cc(C(=O)N(C)[C@@H]4C[C@@H]5CC[C@H]4N5C#N)ccc23)n1. The standard InChI is InChI=1S/C23H24N6O/c1-14-5-4-6-18(25-14)22-17-9-7-15(11-20(17)28(3)26-22)23(30)27(2)21-12-16-8-10-19(21)29(16)13-24/h4-7,9,11,16,19,21H,8,10,12H2,1-3H3/t16-,19+,21+/m0/s1. The maximum absolute atomic E-state index is 13.3. The lowest BCUT2D eigenvalue weighted by atomic mass is 9.94. The normalized spacial score (nSPS) is 22.5. The molecule has 2 aliphatic rings. The van der Waals surface area contributed by atoms with E-state index in [1.54, 1.807) is 4.68 Å². The van der Waals surface area contributed by atoms with Crippen LogP contribution in [0.3, 0.4) is 0 Å². The Morgan fingerprint density at radius 2 is 2.10 bits per heavy atom. The van der Waals surface area contributed by atoms with Gasteiger partial charge in [-0.2, -0.15) is 10.4 Å². The summed E-state index contributed by atoms with van der Waals surface area (Å²) in [6.07, 6.45) is 5.22. The van der Waals surface area contributed by atoms with Crippen molar-refractivity contribution in [3.05, 3.63) is 47.7 Å². The number of hydrogen-bond donors (Lipinski definition) is 0. The average molecular weight is 400 g/mol. The summed E-state index contributed by atoms with van der Waals surface area (Å²) in [6.45, 7) is 1.96. The van der Waals surface area contributed by atoms with Crippen LogP contribution < -0.4 is 0 Å². The number of benzene rings is 1. The number of aryl methyl sites for hydroxylation is 2. The van der Waals surface area contributed by atoms with Crippen LogP contribution >= 0.6 is 0 Å². The van der Waals surface area contributed by atoms with Gasteiger partial charge in [-0.05, 0) is 56.5 Å². The van der Waals surface area contributed by atoms with E-state index in [0.29, 0.717) is 5.56 Å². The van der Waals surface area contributed by atoms with Crippen LogP contribution in [0.5, 0.6) is 0 Å². The molecule has 3 aromatic rings. The van der Waals surface area contributed by atoms with E-state index in [1.165, 1.54) is 0 Å². The summed E-state index contributed by atoms with van der Waals surface area (Å²) in [7, 11) is 3.75. The first-order valence-corrected chi connectivity index (χ1v) is 10.3. The van der Waals surface area contributed by atoms with Gasteiger partial charge in [0.05, 0.1) is 23.3 Å². The van der Waals surface area contributed by atoms with Gasteiger partial charge in [0.25, 0.3) is 5.91 Å². The van der Waals surface area contributed by atoms with Crippen LogP contribution in [0.4, 0.5) is 0 Å². The number of hydrogen-bond acceptors (Lipinski definition) is 5. The molecule has 2 aromatic heterocycles. The first-order valence-electron chi connectivity index (χ1n) is 10.3. The Morgan fingerprint density at radius 1 is 1.27 bits per heavy atom. The predicted molar refractivity (Wildman–Crippen MR) is 113 cm³/mol. The predicted octanol–water partition coefficient (Wildman–Crippen LogP) is 3.10. The zero-order valence-corrected chi connectivity index (χ0v) is 17.4. The summed E-state index contributed by atoms with van der Waals surface area (Å²) in [4.78, 5) is 21.6. The highest BCUT2D eigenvalue weighted by Gasteiger charge is 2.48. The van der Waals surface area contributed by atoms with Crippen LogP contribution in [0.25, 0.3) is 22.3 Å². The van der Waals surface area contributed by atoms with E-state index in [9.17, 15) is 10.1 Å². The van der Waals surface area contributed by atoms with Crippen molar-refractivity contribution in [2.45, 2.75) is 44.3 Å². The third-order valence-electron chi connectivity index (χ3n) is 6.67. The number of nitriles is 1. The maximum Gasteiger partial charge on any atom is 0.253 e. The van der Waals surface area contributed by atoms with Crippen LogP contribution in [0.2, 0.25) is 0 Å². The molecule has 2 aliphatic heterocycles. The van der Waals surface area contributed by atoms with Gasteiger partial charge in [-0.3, -0.25) is 14.5 Å². The smallest absolute Gasteiger partial charge is 0.253 e. The fourth-order valence-corrected chi connectivity index (χ4v) is 5.14. The second kappa shape index (κ2) is 6.84. The van der Waals surface area contributed by atoms with Crippen molar-refractivity contribution >= 4 is 16.8 Å². The summed E-state index contributed by atoms with van der Waals surface area (Å²) in [5.74, 6) is -0.0104. The number of amides is 1. The topological polar surface area (TPSA) is 78.0 Å². The van der Waals surface area contributed by atoms with E-state index in [1.807, 2.05) is 67.2 Å². The van der Waals surface area contributed by atoms with Crippen molar-refractivity contribution in [3.63, 3.8) is 0 Å². The molecule has 0 unspecified atom stereocenters. The number of aromatic nitrogens is 3. The Hall–Kier alpha value is -3.40. The van der Waals surface area contributed by atoms with Crippen molar-refractivity contribution in [3.8, 4) is 17.6 Å². The molecule has 0 N–H and O–H groups in total. The number of rotatable bonds is 3. The van der Waals surface area contributed by atoms with Crippen LogP contribution in [0, 0.1) is 18.4 Å². The zero-order valence-electron chi connectivity index (χ0n) is 17.4. The fourth-order valence-electron chi connectivity index (χ4n) is 5.14. The highest BCUT2D eigenvalue weighted by molar-refractivity contribution is 6.00. The average Bonchev–Trinajstić information content (AvgIpc) is 3.43. The van der Waals surface area contributed by atoms with Crippen molar-refractivity contribution in [1.82, 2.24) is 24.6 Å². The van der Waals surface area contributed by atoms with Gasteiger partial charge in [0.1, 0.15) is 5.69 Å². The molecule has 30 heavy (non-hydrogen) atoms. The summed E-state index contributed by atoms with van der Waals surface area (Å²) >= 11 is 0. The van der Waals surface area contributed by atoms with Crippen LogP contribution in [-0.2, 0) is 7.05 Å². The van der Waals surface area contributed by atoms with E-state index >= 15 is 0 Å². The minimum absolute atomic E-state index is 0.0104. The van der Waals surface area contributed by atoms with Gasteiger partial charge in [-0.15, -0.1) is 0 Å². The molecule has 152 valence electrons. The van der Waals surface area contributed by atoms with Gasteiger partial charge >= 0.3 is 0 Å². The molecule has 2 bridgehead atoms. The van der Waals surface area contributed by atoms with Crippen molar-refractivity contribution in [1.29, 1.82) is 5.26 Å². The Balaban J connectivity index is 1.46. The molecule has 2 saturated heterocycles. The first kappa shape index (κ1) is 18.6. The Labute approximate surface area is 175 Å². The van der Waals surface area contributed by atoms with Gasteiger partial charge in [0, 0.05) is 36.8 Å². The third-order valence-corrected chi connectivity index (χ3v) is 6.67. The van der Waals surface area contributed by atoms with Crippen molar-refractivity contribution in [2.75, 3.05) is 7.05 Å². The Kier molecular flexibility index (Phi) is 4.24. The van der Waals surface area contributed by atoms with E-state index in [-0.39, 0.29) is 24.0 Å². The molecule has 1 amide bonds. The largest absolute Gasteiger partial charge is 0.337 e. The molecular formula is C23H24N6O. The molecular weight excluding hydrogens is 376 g/mol. The quantitative estimate of drug-likeness (QED) is 0.632. The summed E-state index contributed by atoms with van der Waals surface area (Å²) in [5.41, 5.74) is 4.14. The third kappa shape index (κ3) is 2.75. The minimum Gasteiger partial charge on any atom is -0.337 e. The number of fused-ring (bicyclic) bond motifs is 3.